The molecule has 0 bridgehead atoms. The van der Waals surface area contributed by atoms with Gasteiger partial charge in [-0.1, -0.05) is 140 Å². The smallest absolute Gasteiger partial charge is 0.0390 e. The van der Waals surface area contributed by atoms with E-state index in [4.69, 9.17) is 0 Å². The third-order valence-electron chi connectivity index (χ3n) is 7.66. The van der Waals surface area contributed by atoms with Crippen LogP contribution in [0, 0.1) is 0 Å². The van der Waals surface area contributed by atoms with Crippen molar-refractivity contribution in [1.29, 1.82) is 0 Å². The molecule has 0 aromatic heterocycles. The second-order valence-corrected chi connectivity index (χ2v) is 10.3. The summed E-state index contributed by atoms with van der Waals surface area (Å²) in [6, 6.07) is 60.5. The van der Waals surface area contributed by atoms with Crippen LogP contribution in [0.2, 0.25) is 0 Å². The maximum Gasteiger partial charge on any atom is 0.0390 e. The van der Waals surface area contributed by atoms with Gasteiger partial charge in [-0.05, 0) is 85.6 Å². The molecule has 0 radical (unpaired) electrons. The number of rotatable bonds is 6. The van der Waals surface area contributed by atoms with E-state index in [1.54, 1.807) is 0 Å². The quantitative estimate of drug-likeness (QED) is 0.229. The second-order valence-electron chi connectivity index (χ2n) is 10.3. The van der Waals surface area contributed by atoms with Crippen LogP contribution in [0.1, 0.15) is 0 Å². The van der Waals surface area contributed by atoms with Crippen molar-refractivity contribution >= 4 is 22.1 Å². The van der Waals surface area contributed by atoms with E-state index >= 15 is 0 Å². The normalized spacial score (nSPS) is 10.9. The van der Waals surface area contributed by atoms with Crippen LogP contribution in [-0.4, -0.2) is 0 Å². The van der Waals surface area contributed by atoms with Crippen molar-refractivity contribution in [2.45, 2.75) is 0 Å². The Labute approximate surface area is 241 Å². The van der Waals surface area contributed by atoms with Crippen molar-refractivity contribution in [1.82, 2.24) is 0 Å². The van der Waals surface area contributed by atoms with Gasteiger partial charge in [0.25, 0.3) is 0 Å². The summed E-state index contributed by atoms with van der Waals surface area (Å²) in [6.45, 7) is 0. The molecule has 194 valence electrons. The Hall–Kier alpha value is -5.40. The van der Waals surface area contributed by atoms with Crippen LogP contribution < -0.4 is 5.32 Å². The van der Waals surface area contributed by atoms with Gasteiger partial charge in [0.2, 0.25) is 0 Å². The van der Waals surface area contributed by atoms with Crippen molar-refractivity contribution in [3.05, 3.63) is 170 Å². The molecule has 1 N–H and O–H groups in total. The molecule has 0 saturated heterocycles. The standard InChI is InChI=1S/C40H29N/c1-3-9-29(10-4-1)31-15-18-34(19-16-31)39-26-25-38(28-40(39)33-12-5-2-6-13-33)41-37-23-21-32(22-24-37)36-20-17-30-11-7-8-14-35(30)27-36/h1-28,41H. The molecule has 0 amide bonds. The molecule has 0 spiro atoms. The number of anilines is 2. The third-order valence-corrected chi connectivity index (χ3v) is 7.66. The monoisotopic (exact) mass is 523 g/mol. The lowest BCUT2D eigenvalue weighted by Gasteiger charge is -2.15. The lowest BCUT2D eigenvalue weighted by Crippen LogP contribution is -1.93. The zero-order valence-electron chi connectivity index (χ0n) is 22.7. The molecule has 0 atom stereocenters. The van der Waals surface area contributed by atoms with E-state index in [-0.39, 0.29) is 0 Å². The lowest BCUT2D eigenvalue weighted by molar-refractivity contribution is 1.52. The largest absolute Gasteiger partial charge is 0.356 e. The van der Waals surface area contributed by atoms with E-state index in [9.17, 15) is 0 Å². The molecule has 1 nitrogen and oxygen atoms in total. The van der Waals surface area contributed by atoms with Crippen LogP contribution in [0.4, 0.5) is 11.4 Å². The van der Waals surface area contributed by atoms with E-state index in [1.807, 2.05) is 0 Å². The van der Waals surface area contributed by atoms with Crippen molar-refractivity contribution in [3.63, 3.8) is 0 Å². The van der Waals surface area contributed by atoms with Crippen molar-refractivity contribution in [2.75, 3.05) is 5.32 Å². The number of hydrogen-bond acceptors (Lipinski definition) is 1. The average Bonchev–Trinajstić information content (AvgIpc) is 3.06. The zero-order valence-corrected chi connectivity index (χ0v) is 22.7. The minimum atomic E-state index is 1.06. The van der Waals surface area contributed by atoms with Crippen LogP contribution in [0.5, 0.6) is 0 Å². The summed E-state index contributed by atoms with van der Waals surface area (Å²) in [5, 5.41) is 6.15. The molecule has 0 saturated carbocycles. The highest BCUT2D eigenvalue weighted by Gasteiger charge is 2.10. The number of benzene rings is 7. The zero-order chi connectivity index (χ0) is 27.4. The molecule has 0 unspecified atom stereocenters. The number of fused-ring (bicyclic) bond motifs is 1. The molecule has 0 aliphatic rings. The van der Waals surface area contributed by atoms with Gasteiger partial charge in [0, 0.05) is 11.4 Å². The van der Waals surface area contributed by atoms with Crippen LogP contribution in [0.15, 0.2) is 170 Å². The first-order valence-electron chi connectivity index (χ1n) is 14.0. The molecule has 7 rings (SSSR count). The number of nitrogens with one attached hydrogen (secondary N) is 1. The molecule has 0 fully saturated rings. The van der Waals surface area contributed by atoms with Gasteiger partial charge in [0.1, 0.15) is 0 Å². The second kappa shape index (κ2) is 11.0. The summed E-state index contributed by atoms with van der Waals surface area (Å²) in [6.07, 6.45) is 0. The van der Waals surface area contributed by atoms with E-state index in [2.05, 4.69) is 175 Å². The Morgan fingerprint density at radius 3 is 1.49 bits per heavy atom. The molecule has 1 heteroatoms. The lowest BCUT2D eigenvalue weighted by atomic mass is 9.93. The summed E-state index contributed by atoms with van der Waals surface area (Å²) in [7, 11) is 0. The van der Waals surface area contributed by atoms with Gasteiger partial charge in [-0.2, -0.15) is 0 Å². The summed E-state index contributed by atoms with van der Waals surface area (Å²) >= 11 is 0. The van der Waals surface area contributed by atoms with E-state index in [0.29, 0.717) is 0 Å². The molecule has 0 aliphatic carbocycles. The van der Waals surface area contributed by atoms with Gasteiger partial charge in [-0.15, -0.1) is 0 Å². The van der Waals surface area contributed by atoms with Gasteiger partial charge in [-0.25, -0.2) is 0 Å². The molecular formula is C40H29N. The molecule has 0 aliphatic heterocycles. The Morgan fingerprint density at radius 1 is 0.268 bits per heavy atom. The summed E-state index contributed by atoms with van der Waals surface area (Å²) in [5.41, 5.74) is 11.8. The first-order chi connectivity index (χ1) is 20.3. The molecule has 41 heavy (non-hydrogen) atoms. The summed E-state index contributed by atoms with van der Waals surface area (Å²) < 4.78 is 0. The molecule has 7 aromatic carbocycles. The fourth-order valence-corrected chi connectivity index (χ4v) is 5.48. The van der Waals surface area contributed by atoms with E-state index in [0.717, 1.165) is 11.4 Å². The minimum absolute atomic E-state index is 1.06. The SMILES string of the molecule is c1ccc(-c2ccc(-c3ccc(Nc4ccc(-c5ccc6ccccc6c5)cc4)cc3-c3ccccc3)cc2)cc1. The highest BCUT2D eigenvalue weighted by Crippen LogP contribution is 2.36. The first kappa shape index (κ1) is 24.6. The highest BCUT2D eigenvalue weighted by molar-refractivity contribution is 5.89. The predicted molar refractivity (Wildman–Crippen MR) is 175 cm³/mol. The van der Waals surface area contributed by atoms with E-state index < -0.39 is 0 Å². The van der Waals surface area contributed by atoms with Crippen molar-refractivity contribution in [2.24, 2.45) is 0 Å². The van der Waals surface area contributed by atoms with Crippen LogP contribution in [0.3, 0.4) is 0 Å². The first-order valence-corrected chi connectivity index (χ1v) is 14.0. The van der Waals surface area contributed by atoms with Crippen LogP contribution >= 0.6 is 0 Å². The Kier molecular flexibility index (Phi) is 6.61. The van der Waals surface area contributed by atoms with Gasteiger partial charge >= 0.3 is 0 Å². The maximum absolute atomic E-state index is 3.63. The average molecular weight is 524 g/mol. The number of hydrogen-bond donors (Lipinski definition) is 1. The topological polar surface area (TPSA) is 12.0 Å². The molecule has 0 heterocycles. The Morgan fingerprint density at radius 2 is 0.756 bits per heavy atom. The fraction of sp³-hybridized carbons (Fsp3) is 0. The summed E-state index contributed by atoms with van der Waals surface area (Å²) in [4.78, 5) is 0. The van der Waals surface area contributed by atoms with Crippen LogP contribution in [0.25, 0.3) is 55.3 Å². The Balaban J connectivity index is 1.18. The maximum atomic E-state index is 3.63. The van der Waals surface area contributed by atoms with Gasteiger partial charge < -0.3 is 5.32 Å². The van der Waals surface area contributed by atoms with Gasteiger partial charge in [-0.3, -0.25) is 0 Å². The van der Waals surface area contributed by atoms with Gasteiger partial charge in [0.05, 0.1) is 0 Å². The molecular weight excluding hydrogens is 494 g/mol. The van der Waals surface area contributed by atoms with Crippen molar-refractivity contribution in [3.8, 4) is 44.5 Å². The Bertz CT molecular complexity index is 1920. The predicted octanol–water partition coefficient (Wildman–Crippen LogP) is 11.3. The fourth-order valence-electron chi connectivity index (χ4n) is 5.48. The van der Waals surface area contributed by atoms with Crippen molar-refractivity contribution < 1.29 is 0 Å². The molecule has 7 aromatic rings. The van der Waals surface area contributed by atoms with Crippen LogP contribution in [-0.2, 0) is 0 Å². The highest BCUT2D eigenvalue weighted by atomic mass is 14.9. The summed E-state index contributed by atoms with van der Waals surface area (Å²) in [5.74, 6) is 0. The van der Waals surface area contributed by atoms with E-state index in [1.165, 1.54) is 55.3 Å². The third kappa shape index (κ3) is 5.26. The van der Waals surface area contributed by atoms with Gasteiger partial charge in [0.15, 0.2) is 0 Å². The minimum Gasteiger partial charge on any atom is -0.356 e.